The third kappa shape index (κ3) is 4.56. The first kappa shape index (κ1) is 13.7. The molecule has 0 aliphatic heterocycles. The molecule has 1 aromatic rings. The van der Waals surface area contributed by atoms with Crippen LogP contribution in [0.1, 0.15) is 5.56 Å². The molecule has 1 N–H and O–H groups in total. The van der Waals surface area contributed by atoms with Crippen LogP contribution in [-0.2, 0) is 11.3 Å². The number of Topliss-reactive ketones (excluding diaryl/α,β-unsaturated/α-hetero) is 1. The lowest BCUT2D eigenvalue weighted by Gasteiger charge is -2.05. The van der Waals surface area contributed by atoms with Crippen LogP contribution in [0.3, 0.4) is 0 Å². The number of hydrogen-bond acceptors (Lipinski definition) is 3. The molecule has 0 aliphatic carbocycles. The van der Waals surface area contributed by atoms with Gasteiger partial charge in [-0.25, -0.2) is 0 Å². The normalized spacial score (nSPS) is 12.4. The lowest BCUT2D eigenvalue weighted by Crippen LogP contribution is -2.23. The number of carbonyl (C=O) groups is 1. The zero-order valence-electron chi connectivity index (χ0n) is 8.46. The smallest absolute Gasteiger partial charge is 0.386 e. The van der Waals surface area contributed by atoms with Gasteiger partial charge in [-0.2, -0.15) is 13.2 Å². The van der Waals surface area contributed by atoms with E-state index in [9.17, 15) is 18.0 Å². The van der Waals surface area contributed by atoms with Crippen molar-refractivity contribution in [1.82, 2.24) is 10.3 Å². The summed E-state index contributed by atoms with van der Waals surface area (Å²) in [7, 11) is 0. The van der Waals surface area contributed by atoms with Crippen molar-refractivity contribution in [3.8, 4) is 0 Å². The van der Waals surface area contributed by atoms with Crippen LogP contribution in [0.25, 0.3) is 0 Å². The molecule has 0 fully saturated rings. The van der Waals surface area contributed by atoms with Gasteiger partial charge in [-0.1, -0.05) is 0 Å². The molecule has 0 aliphatic rings. The number of ketones is 1. The van der Waals surface area contributed by atoms with E-state index < -0.39 is 16.4 Å². The van der Waals surface area contributed by atoms with Crippen molar-refractivity contribution >= 4 is 21.7 Å². The number of nitrogens with one attached hydrogen (secondary N) is 1. The molecular weight excluding hydrogens is 301 g/mol. The SMILES string of the molecule is O=C(/C(Br)=C/NCc1ccncc1)C(F)(F)F. The summed E-state index contributed by atoms with van der Waals surface area (Å²) in [5, 5.41) is 2.60. The maximum absolute atomic E-state index is 12.0. The van der Waals surface area contributed by atoms with E-state index >= 15 is 0 Å². The maximum Gasteiger partial charge on any atom is 0.455 e. The molecule has 17 heavy (non-hydrogen) atoms. The van der Waals surface area contributed by atoms with Gasteiger partial charge in [0.05, 0.1) is 4.48 Å². The van der Waals surface area contributed by atoms with Gasteiger partial charge in [0.2, 0.25) is 0 Å². The maximum atomic E-state index is 12.0. The molecule has 0 unspecified atom stereocenters. The number of alkyl halides is 3. The fourth-order valence-corrected chi connectivity index (χ4v) is 1.35. The number of pyridine rings is 1. The van der Waals surface area contributed by atoms with E-state index in [1.807, 2.05) is 0 Å². The Morgan fingerprint density at radius 2 is 2.00 bits per heavy atom. The van der Waals surface area contributed by atoms with Crippen LogP contribution in [0.15, 0.2) is 35.2 Å². The molecule has 0 amide bonds. The van der Waals surface area contributed by atoms with E-state index in [1.54, 1.807) is 24.5 Å². The monoisotopic (exact) mass is 308 g/mol. The summed E-state index contributed by atoms with van der Waals surface area (Å²) in [4.78, 5) is 14.5. The van der Waals surface area contributed by atoms with Crippen molar-refractivity contribution < 1.29 is 18.0 Å². The van der Waals surface area contributed by atoms with E-state index in [1.165, 1.54) is 0 Å². The average molecular weight is 309 g/mol. The Morgan fingerprint density at radius 1 is 1.41 bits per heavy atom. The lowest BCUT2D eigenvalue weighted by atomic mass is 10.3. The molecule has 0 saturated carbocycles. The van der Waals surface area contributed by atoms with Crippen LogP contribution in [0.5, 0.6) is 0 Å². The van der Waals surface area contributed by atoms with Crippen LogP contribution in [0.4, 0.5) is 13.2 Å². The third-order valence-corrected chi connectivity index (χ3v) is 2.35. The standard InChI is InChI=1S/C10H8BrF3N2O/c11-8(9(17)10(12,13)14)6-16-5-7-1-3-15-4-2-7/h1-4,6,16H,5H2/b8-6-. The molecule has 1 heterocycles. The highest BCUT2D eigenvalue weighted by Gasteiger charge is 2.39. The van der Waals surface area contributed by atoms with Gasteiger partial charge in [0.25, 0.3) is 5.78 Å². The summed E-state index contributed by atoms with van der Waals surface area (Å²) in [6.45, 7) is 0.308. The summed E-state index contributed by atoms with van der Waals surface area (Å²) in [6, 6.07) is 3.42. The number of hydrogen-bond donors (Lipinski definition) is 1. The van der Waals surface area contributed by atoms with E-state index in [-0.39, 0.29) is 0 Å². The Balaban J connectivity index is 2.52. The van der Waals surface area contributed by atoms with Gasteiger partial charge >= 0.3 is 6.18 Å². The number of carbonyl (C=O) groups excluding carboxylic acids is 1. The second kappa shape index (κ2) is 5.81. The van der Waals surface area contributed by atoms with Gasteiger partial charge in [-0.15, -0.1) is 0 Å². The highest BCUT2D eigenvalue weighted by atomic mass is 79.9. The molecule has 0 bridgehead atoms. The third-order valence-electron chi connectivity index (χ3n) is 1.76. The Hall–Kier alpha value is -1.37. The first-order valence-electron chi connectivity index (χ1n) is 4.50. The van der Waals surface area contributed by atoms with E-state index in [2.05, 4.69) is 26.2 Å². The predicted octanol–water partition coefficient (Wildman–Crippen LogP) is 2.54. The van der Waals surface area contributed by atoms with Crippen LogP contribution in [0.2, 0.25) is 0 Å². The fourth-order valence-electron chi connectivity index (χ4n) is 0.960. The molecule has 7 heteroatoms. The summed E-state index contributed by atoms with van der Waals surface area (Å²) < 4.78 is 35.4. The molecule has 1 aromatic heterocycles. The number of rotatable bonds is 4. The van der Waals surface area contributed by atoms with Crippen LogP contribution >= 0.6 is 15.9 Å². The quantitative estimate of drug-likeness (QED) is 0.869. The zero-order chi connectivity index (χ0) is 12.9. The number of aromatic nitrogens is 1. The van der Waals surface area contributed by atoms with Crippen molar-refractivity contribution in [2.24, 2.45) is 0 Å². The van der Waals surface area contributed by atoms with Crippen molar-refractivity contribution in [2.75, 3.05) is 0 Å². The van der Waals surface area contributed by atoms with E-state index in [4.69, 9.17) is 0 Å². The van der Waals surface area contributed by atoms with Crippen molar-refractivity contribution in [1.29, 1.82) is 0 Å². The minimum absolute atomic E-state index is 0.308. The molecule has 92 valence electrons. The van der Waals surface area contributed by atoms with Gasteiger partial charge in [-0.3, -0.25) is 9.78 Å². The average Bonchev–Trinajstić information content (AvgIpc) is 2.28. The summed E-state index contributed by atoms with van der Waals surface area (Å²) in [5.74, 6) is -1.92. The first-order valence-corrected chi connectivity index (χ1v) is 5.30. The number of halogens is 4. The molecule has 0 aromatic carbocycles. The topological polar surface area (TPSA) is 42.0 Å². The highest BCUT2D eigenvalue weighted by Crippen LogP contribution is 2.23. The largest absolute Gasteiger partial charge is 0.455 e. The van der Waals surface area contributed by atoms with Crippen molar-refractivity contribution in [3.63, 3.8) is 0 Å². The van der Waals surface area contributed by atoms with E-state index in [0.717, 1.165) is 11.8 Å². The Kier molecular flexibility index (Phi) is 4.68. The number of nitrogens with zero attached hydrogens (tertiary/aromatic N) is 1. The lowest BCUT2D eigenvalue weighted by molar-refractivity contribution is -0.165. The Morgan fingerprint density at radius 3 is 2.53 bits per heavy atom. The first-order chi connectivity index (χ1) is 7.91. The highest BCUT2D eigenvalue weighted by molar-refractivity contribution is 9.12. The summed E-state index contributed by atoms with van der Waals surface area (Å²) >= 11 is 2.57. The number of allylic oxidation sites excluding steroid dienone is 1. The second-order valence-electron chi connectivity index (χ2n) is 3.06. The van der Waals surface area contributed by atoms with Crippen LogP contribution in [-0.4, -0.2) is 16.9 Å². The van der Waals surface area contributed by atoms with E-state index in [0.29, 0.717) is 6.54 Å². The van der Waals surface area contributed by atoms with Gasteiger partial charge in [0.1, 0.15) is 0 Å². The van der Waals surface area contributed by atoms with Gasteiger partial charge in [-0.05, 0) is 33.6 Å². The Bertz CT molecular complexity index is 417. The minimum Gasteiger partial charge on any atom is -0.386 e. The van der Waals surface area contributed by atoms with Gasteiger partial charge in [0, 0.05) is 25.1 Å². The molecule has 3 nitrogen and oxygen atoms in total. The summed E-state index contributed by atoms with van der Waals surface area (Å²) in [5.41, 5.74) is 0.844. The summed E-state index contributed by atoms with van der Waals surface area (Å²) in [6.07, 6.45) is -0.753. The van der Waals surface area contributed by atoms with Crippen molar-refractivity contribution in [3.05, 3.63) is 40.8 Å². The van der Waals surface area contributed by atoms with Crippen LogP contribution < -0.4 is 5.32 Å². The predicted molar refractivity (Wildman–Crippen MR) is 59.1 cm³/mol. The van der Waals surface area contributed by atoms with Crippen molar-refractivity contribution in [2.45, 2.75) is 12.7 Å². The van der Waals surface area contributed by atoms with Gasteiger partial charge in [0.15, 0.2) is 0 Å². The fraction of sp³-hybridized carbons (Fsp3) is 0.200. The molecular formula is C10H8BrF3N2O. The molecule has 0 atom stereocenters. The molecule has 0 radical (unpaired) electrons. The van der Waals surface area contributed by atoms with Gasteiger partial charge < -0.3 is 5.32 Å². The molecule has 0 saturated heterocycles. The molecule has 0 spiro atoms. The molecule has 1 rings (SSSR count). The second-order valence-corrected chi connectivity index (χ2v) is 3.91. The minimum atomic E-state index is -4.87. The van der Waals surface area contributed by atoms with Crippen LogP contribution in [0, 0.1) is 0 Å². The zero-order valence-corrected chi connectivity index (χ0v) is 10.0. The Labute approximate surface area is 104 Å².